The molecule has 0 spiro atoms. The number of nitrogens with zero attached hydrogens (tertiary/aromatic N) is 1. The zero-order valence-electron chi connectivity index (χ0n) is 9.21. The van der Waals surface area contributed by atoms with Crippen LogP contribution in [-0.2, 0) is 6.54 Å². The molecule has 0 radical (unpaired) electrons. The lowest BCUT2D eigenvalue weighted by Crippen LogP contribution is -2.20. The van der Waals surface area contributed by atoms with Crippen LogP contribution in [0.1, 0.15) is 21.5 Å². The van der Waals surface area contributed by atoms with Gasteiger partial charge in [0.05, 0.1) is 12.1 Å². The minimum atomic E-state index is -1.03. The van der Waals surface area contributed by atoms with Gasteiger partial charge < -0.3 is 9.67 Å². The quantitative estimate of drug-likeness (QED) is 0.904. The summed E-state index contributed by atoms with van der Waals surface area (Å²) in [5, 5.41) is 12.8. The van der Waals surface area contributed by atoms with Gasteiger partial charge in [0, 0.05) is 12.3 Å². The molecule has 0 atom stereocenters. The summed E-state index contributed by atoms with van der Waals surface area (Å²) in [5.74, 6) is -1.03. The van der Waals surface area contributed by atoms with Crippen molar-refractivity contribution < 1.29 is 9.90 Å². The van der Waals surface area contributed by atoms with Gasteiger partial charge in [-0.05, 0) is 34.9 Å². The van der Waals surface area contributed by atoms with Gasteiger partial charge in [-0.2, -0.15) is 11.3 Å². The lowest BCUT2D eigenvalue weighted by molar-refractivity contribution is 0.0696. The molecular weight excluding hydrogens is 238 g/mol. The largest absolute Gasteiger partial charge is 0.478 e. The lowest BCUT2D eigenvalue weighted by Gasteiger charge is -2.06. The second kappa shape index (κ2) is 4.55. The molecule has 2 rings (SSSR count). The summed E-state index contributed by atoms with van der Waals surface area (Å²) in [5.41, 5.74) is 2.08. The van der Waals surface area contributed by atoms with Crippen molar-refractivity contribution in [2.24, 2.45) is 0 Å². The summed E-state index contributed by atoms with van der Waals surface area (Å²) in [6.07, 6.45) is 1.38. The molecule has 0 aliphatic rings. The van der Waals surface area contributed by atoms with Crippen LogP contribution in [0.4, 0.5) is 0 Å². The van der Waals surface area contributed by atoms with Crippen LogP contribution in [-0.4, -0.2) is 15.6 Å². The number of carboxylic acid groups (broad SMARTS) is 1. The van der Waals surface area contributed by atoms with Crippen molar-refractivity contribution in [3.8, 4) is 0 Å². The molecule has 1 N–H and O–H groups in total. The normalized spacial score (nSPS) is 10.4. The van der Waals surface area contributed by atoms with Crippen LogP contribution >= 0.6 is 11.3 Å². The Bertz CT molecular complexity index is 612. The Labute approximate surface area is 102 Å². The van der Waals surface area contributed by atoms with Crippen molar-refractivity contribution in [2.75, 3.05) is 0 Å². The monoisotopic (exact) mass is 249 g/mol. The highest BCUT2D eigenvalue weighted by atomic mass is 32.1. The molecule has 0 amide bonds. The summed E-state index contributed by atoms with van der Waals surface area (Å²) in [7, 11) is 0. The third-order valence-corrected chi connectivity index (χ3v) is 3.44. The fourth-order valence-corrected chi connectivity index (χ4v) is 2.36. The van der Waals surface area contributed by atoms with Crippen molar-refractivity contribution in [1.82, 2.24) is 4.57 Å². The van der Waals surface area contributed by atoms with E-state index in [-0.39, 0.29) is 11.1 Å². The van der Waals surface area contributed by atoms with Crippen molar-refractivity contribution in [3.05, 3.63) is 56.1 Å². The molecule has 0 bridgehead atoms. The maximum Gasteiger partial charge on any atom is 0.337 e. The SMILES string of the molecule is Cc1cscc1Cn1cc(C(=O)O)ccc1=O. The summed E-state index contributed by atoms with van der Waals surface area (Å²) in [4.78, 5) is 22.4. The van der Waals surface area contributed by atoms with E-state index in [2.05, 4.69) is 0 Å². The highest BCUT2D eigenvalue weighted by molar-refractivity contribution is 7.08. The molecule has 88 valence electrons. The molecule has 5 heteroatoms. The third kappa shape index (κ3) is 2.45. The first-order valence-electron chi connectivity index (χ1n) is 5.03. The average molecular weight is 249 g/mol. The molecule has 0 saturated carbocycles. The standard InChI is InChI=1S/C12H11NO3S/c1-8-6-17-7-10(8)5-13-4-9(12(15)16)2-3-11(13)14/h2-4,6-7H,5H2,1H3,(H,15,16). The Morgan fingerprint density at radius 3 is 2.76 bits per heavy atom. The maximum absolute atomic E-state index is 11.6. The van der Waals surface area contributed by atoms with E-state index in [1.54, 1.807) is 11.3 Å². The van der Waals surface area contributed by atoms with Gasteiger partial charge in [0.15, 0.2) is 0 Å². The molecule has 2 heterocycles. The number of carbonyl (C=O) groups is 1. The van der Waals surface area contributed by atoms with Gasteiger partial charge in [0.25, 0.3) is 5.56 Å². The third-order valence-electron chi connectivity index (χ3n) is 2.53. The zero-order chi connectivity index (χ0) is 12.4. The molecular formula is C12H11NO3S. The first-order valence-corrected chi connectivity index (χ1v) is 5.97. The minimum Gasteiger partial charge on any atom is -0.478 e. The average Bonchev–Trinajstić information content (AvgIpc) is 2.67. The van der Waals surface area contributed by atoms with Crippen molar-refractivity contribution in [3.63, 3.8) is 0 Å². The van der Waals surface area contributed by atoms with Crippen LogP contribution in [0, 0.1) is 6.92 Å². The Morgan fingerprint density at radius 1 is 1.41 bits per heavy atom. The van der Waals surface area contributed by atoms with E-state index in [1.165, 1.54) is 22.9 Å². The number of hydrogen-bond donors (Lipinski definition) is 1. The number of aryl methyl sites for hydroxylation is 1. The highest BCUT2D eigenvalue weighted by Crippen LogP contribution is 2.14. The Balaban J connectivity index is 2.39. The second-order valence-corrected chi connectivity index (χ2v) is 4.51. The summed E-state index contributed by atoms with van der Waals surface area (Å²) in [6.45, 7) is 2.38. The molecule has 0 unspecified atom stereocenters. The van der Waals surface area contributed by atoms with Crippen LogP contribution in [0.3, 0.4) is 0 Å². The molecule has 0 saturated heterocycles. The summed E-state index contributed by atoms with van der Waals surface area (Å²) in [6, 6.07) is 2.60. The molecule has 4 nitrogen and oxygen atoms in total. The number of thiophene rings is 1. The van der Waals surface area contributed by atoms with E-state index in [1.807, 2.05) is 17.7 Å². The van der Waals surface area contributed by atoms with Gasteiger partial charge in [-0.15, -0.1) is 0 Å². The zero-order valence-corrected chi connectivity index (χ0v) is 10.0. The van der Waals surface area contributed by atoms with Crippen LogP contribution in [0.25, 0.3) is 0 Å². The van der Waals surface area contributed by atoms with Gasteiger partial charge in [-0.25, -0.2) is 4.79 Å². The van der Waals surface area contributed by atoms with Crippen LogP contribution in [0.5, 0.6) is 0 Å². The van der Waals surface area contributed by atoms with Crippen LogP contribution in [0.2, 0.25) is 0 Å². The highest BCUT2D eigenvalue weighted by Gasteiger charge is 2.07. The smallest absolute Gasteiger partial charge is 0.337 e. The Morgan fingerprint density at radius 2 is 2.18 bits per heavy atom. The Hall–Kier alpha value is -1.88. The molecule has 0 aliphatic heterocycles. The first kappa shape index (κ1) is 11.6. The minimum absolute atomic E-state index is 0.123. The van der Waals surface area contributed by atoms with Crippen molar-refractivity contribution >= 4 is 17.3 Å². The van der Waals surface area contributed by atoms with Gasteiger partial charge >= 0.3 is 5.97 Å². The van der Waals surface area contributed by atoms with Crippen LogP contribution < -0.4 is 5.56 Å². The number of aromatic nitrogens is 1. The van der Waals surface area contributed by atoms with Crippen molar-refractivity contribution in [1.29, 1.82) is 0 Å². The fraction of sp³-hybridized carbons (Fsp3) is 0.167. The predicted octanol–water partition coefficient (Wildman–Crippen LogP) is 1.96. The lowest BCUT2D eigenvalue weighted by atomic mass is 10.2. The van der Waals surface area contributed by atoms with E-state index in [9.17, 15) is 9.59 Å². The molecule has 2 aromatic rings. The number of carboxylic acids is 1. The van der Waals surface area contributed by atoms with Crippen molar-refractivity contribution in [2.45, 2.75) is 13.5 Å². The summed E-state index contributed by atoms with van der Waals surface area (Å²) < 4.78 is 1.42. The first-order chi connectivity index (χ1) is 8.08. The van der Waals surface area contributed by atoms with E-state index >= 15 is 0 Å². The van der Waals surface area contributed by atoms with Gasteiger partial charge in [-0.1, -0.05) is 0 Å². The Kier molecular flexibility index (Phi) is 3.10. The van der Waals surface area contributed by atoms with Gasteiger partial charge in [-0.3, -0.25) is 4.79 Å². The van der Waals surface area contributed by atoms with Crippen LogP contribution in [0.15, 0.2) is 33.9 Å². The van der Waals surface area contributed by atoms with E-state index in [0.29, 0.717) is 6.54 Å². The summed E-state index contributed by atoms with van der Waals surface area (Å²) >= 11 is 1.57. The number of rotatable bonds is 3. The van der Waals surface area contributed by atoms with E-state index in [0.717, 1.165) is 11.1 Å². The predicted molar refractivity (Wildman–Crippen MR) is 65.8 cm³/mol. The van der Waals surface area contributed by atoms with Gasteiger partial charge in [0.1, 0.15) is 0 Å². The molecule has 0 aliphatic carbocycles. The molecule has 17 heavy (non-hydrogen) atoms. The number of hydrogen-bond acceptors (Lipinski definition) is 3. The van der Waals surface area contributed by atoms with E-state index < -0.39 is 5.97 Å². The molecule has 2 aromatic heterocycles. The van der Waals surface area contributed by atoms with Gasteiger partial charge in [0.2, 0.25) is 0 Å². The topological polar surface area (TPSA) is 59.3 Å². The second-order valence-electron chi connectivity index (χ2n) is 3.77. The van der Waals surface area contributed by atoms with E-state index in [4.69, 9.17) is 5.11 Å². The maximum atomic E-state index is 11.6. The number of pyridine rings is 1. The fourth-order valence-electron chi connectivity index (χ4n) is 1.51. The molecule has 0 fully saturated rings. The molecule has 0 aromatic carbocycles. The number of aromatic carboxylic acids is 1.